The van der Waals surface area contributed by atoms with Crippen LogP contribution in [-0.4, -0.2) is 0 Å². The van der Waals surface area contributed by atoms with Crippen LogP contribution in [0.25, 0.3) is 0 Å². The first-order chi connectivity index (χ1) is 13.1. The maximum atomic E-state index is 12.9. The second-order valence-corrected chi connectivity index (χ2v) is 9.08. The SMILES string of the molecule is FC(F)(F)c1ccc([S+](c2ccc(I)cc2)c2ccc(C(F)(F)F)cc2)cc1. The van der Waals surface area contributed by atoms with Crippen LogP contribution in [-0.2, 0) is 23.2 Å². The zero-order chi connectivity index (χ0) is 20.5. The summed E-state index contributed by atoms with van der Waals surface area (Å²) in [5.74, 6) is 0. The highest BCUT2D eigenvalue weighted by molar-refractivity contribution is 14.1. The van der Waals surface area contributed by atoms with Crippen LogP contribution in [0.15, 0.2) is 87.5 Å². The normalized spacial score (nSPS) is 12.4. The minimum Gasteiger partial charge on any atom is -0.166 e. The molecule has 0 amide bonds. The fraction of sp³-hybridized carbons (Fsp3) is 0.100. The first-order valence-electron chi connectivity index (χ1n) is 7.90. The fourth-order valence-corrected chi connectivity index (χ4v) is 4.94. The van der Waals surface area contributed by atoms with Crippen molar-refractivity contribution in [2.45, 2.75) is 27.0 Å². The van der Waals surface area contributed by atoms with Crippen molar-refractivity contribution in [1.29, 1.82) is 0 Å². The lowest BCUT2D eigenvalue weighted by Gasteiger charge is -2.11. The van der Waals surface area contributed by atoms with E-state index in [9.17, 15) is 26.3 Å². The summed E-state index contributed by atoms with van der Waals surface area (Å²) in [5, 5.41) is 0. The molecule has 0 unspecified atom stereocenters. The van der Waals surface area contributed by atoms with Gasteiger partial charge in [-0.05, 0) is 95.4 Å². The molecule has 0 N–H and O–H groups in total. The Morgan fingerprint density at radius 1 is 0.500 bits per heavy atom. The molecule has 0 saturated carbocycles. The Morgan fingerprint density at radius 2 is 0.786 bits per heavy atom. The van der Waals surface area contributed by atoms with Crippen molar-refractivity contribution in [3.63, 3.8) is 0 Å². The number of hydrogen-bond acceptors (Lipinski definition) is 0. The van der Waals surface area contributed by atoms with E-state index in [1.807, 2.05) is 24.3 Å². The van der Waals surface area contributed by atoms with E-state index in [1.54, 1.807) is 0 Å². The molecule has 0 atom stereocenters. The van der Waals surface area contributed by atoms with E-state index >= 15 is 0 Å². The van der Waals surface area contributed by atoms with Gasteiger partial charge in [0.25, 0.3) is 0 Å². The summed E-state index contributed by atoms with van der Waals surface area (Å²) < 4.78 is 78.1. The summed E-state index contributed by atoms with van der Waals surface area (Å²) in [6.45, 7) is 0. The van der Waals surface area contributed by atoms with Crippen LogP contribution in [0.2, 0.25) is 0 Å². The Hall–Kier alpha value is -1.68. The zero-order valence-corrected chi connectivity index (χ0v) is 17.0. The number of halogens is 7. The van der Waals surface area contributed by atoms with Gasteiger partial charge in [-0.2, -0.15) is 26.3 Å². The molecule has 0 aromatic heterocycles. The number of benzene rings is 3. The van der Waals surface area contributed by atoms with E-state index in [0.29, 0.717) is 9.79 Å². The molecular weight excluding hydrogens is 513 g/mol. The largest absolute Gasteiger partial charge is 0.416 e. The third-order valence-corrected chi connectivity index (χ3v) is 6.83. The molecule has 28 heavy (non-hydrogen) atoms. The van der Waals surface area contributed by atoms with Gasteiger partial charge in [0.15, 0.2) is 14.7 Å². The van der Waals surface area contributed by atoms with Gasteiger partial charge in [-0.15, -0.1) is 0 Å². The first-order valence-corrected chi connectivity index (χ1v) is 10.2. The minimum atomic E-state index is -4.45. The predicted octanol–water partition coefficient (Wildman–Crippen LogP) is 7.42. The molecule has 0 nitrogen and oxygen atoms in total. The molecule has 0 aliphatic rings. The van der Waals surface area contributed by atoms with Crippen LogP contribution in [0.3, 0.4) is 0 Å². The van der Waals surface area contributed by atoms with E-state index in [2.05, 4.69) is 22.6 Å². The molecule has 0 bridgehead atoms. The van der Waals surface area contributed by atoms with Gasteiger partial charge in [0.2, 0.25) is 0 Å². The van der Waals surface area contributed by atoms with Gasteiger partial charge < -0.3 is 0 Å². The maximum Gasteiger partial charge on any atom is 0.416 e. The van der Waals surface area contributed by atoms with Gasteiger partial charge in [0.05, 0.1) is 22.0 Å². The molecule has 0 radical (unpaired) electrons. The van der Waals surface area contributed by atoms with Crippen LogP contribution < -0.4 is 0 Å². The van der Waals surface area contributed by atoms with Crippen LogP contribution >= 0.6 is 22.6 Å². The first kappa shape index (κ1) is 21.0. The van der Waals surface area contributed by atoms with Crippen LogP contribution in [0.5, 0.6) is 0 Å². The molecule has 3 aromatic rings. The predicted molar refractivity (Wildman–Crippen MR) is 104 cm³/mol. The molecule has 0 spiro atoms. The zero-order valence-electron chi connectivity index (χ0n) is 14.0. The monoisotopic (exact) mass is 525 g/mol. The van der Waals surface area contributed by atoms with E-state index in [-0.39, 0.29) is 0 Å². The van der Waals surface area contributed by atoms with Crippen LogP contribution in [0, 0.1) is 3.57 Å². The molecular formula is C20H12F6IS+. The van der Waals surface area contributed by atoms with Crippen LogP contribution in [0.1, 0.15) is 11.1 Å². The number of hydrogen-bond donors (Lipinski definition) is 0. The average molecular weight is 525 g/mol. The van der Waals surface area contributed by atoms with Crippen molar-refractivity contribution < 1.29 is 26.3 Å². The molecule has 3 aromatic carbocycles. The molecule has 3 rings (SSSR count). The highest BCUT2D eigenvalue weighted by Crippen LogP contribution is 2.36. The van der Waals surface area contributed by atoms with Crippen molar-refractivity contribution in [3.05, 3.63) is 87.5 Å². The Balaban J connectivity index is 2.06. The smallest absolute Gasteiger partial charge is 0.166 e. The Bertz CT molecular complexity index is 871. The summed E-state index contributed by atoms with van der Waals surface area (Å²) in [4.78, 5) is 1.99. The standard InChI is InChI=1S/C20H12F6IS/c21-19(22,23)13-1-7-16(8-2-13)28(18-11-5-15(27)6-12-18)17-9-3-14(4-10-17)20(24,25)26/h1-12H/q+1. The topological polar surface area (TPSA) is 0 Å². The lowest BCUT2D eigenvalue weighted by atomic mass is 10.2. The van der Waals surface area contributed by atoms with Crippen molar-refractivity contribution >= 4 is 33.5 Å². The lowest BCUT2D eigenvalue weighted by Crippen LogP contribution is -2.09. The van der Waals surface area contributed by atoms with Crippen molar-refractivity contribution in [3.8, 4) is 0 Å². The van der Waals surface area contributed by atoms with Gasteiger partial charge >= 0.3 is 12.4 Å². The number of alkyl halides is 6. The molecule has 0 heterocycles. The lowest BCUT2D eigenvalue weighted by molar-refractivity contribution is -0.138. The Labute approximate surface area is 174 Å². The number of rotatable bonds is 3. The Morgan fingerprint density at radius 3 is 1.07 bits per heavy atom. The molecule has 0 saturated heterocycles. The van der Waals surface area contributed by atoms with Crippen molar-refractivity contribution in [2.24, 2.45) is 0 Å². The van der Waals surface area contributed by atoms with Crippen molar-refractivity contribution in [2.75, 3.05) is 0 Å². The van der Waals surface area contributed by atoms with E-state index in [0.717, 1.165) is 32.7 Å². The minimum absolute atomic E-state index is 0.592. The summed E-state index contributed by atoms with van der Waals surface area (Å²) >= 11 is 2.13. The summed E-state index contributed by atoms with van der Waals surface area (Å²) in [5.41, 5.74) is -1.54. The summed E-state index contributed by atoms with van der Waals surface area (Å²) in [6.07, 6.45) is -8.90. The van der Waals surface area contributed by atoms with Gasteiger partial charge in [0, 0.05) is 3.57 Å². The van der Waals surface area contributed by atoms with Gasteiger partial charge in [0.1, 0.15) is 0 Å². The van der Waals surface area contributed by atoms with E-state index in [4.69, 9.17) is 0 Å². The van der Waals surface area contributed by atoms with E-state index < -0.39 is 34.4 Å². The molecule has 0 aliphatic carbocycles. The fourth-order valence-electron chi connectivity index (χ4n) is 2.54. The molecule has 0 fully saturated rings. The van der Waals surface area contributed by atoms with Gasteiger partial charge in [-0.25, -0.2) is 0 Å². The summed E-state index contributed by atoms with van der Waals surface area (Å²) in [6, 6.07) is 16.8. The highest BCUT2D eigenvalue weighted by atomic mass is 127. The molecule has 8 heteroatoms. The van der Waals surface area contributed by atoms with Gasteiger partial charge in [-0.1, -0.05) is 0 Å². The maximum absolute atomic E-state index is 12.9. The second-order valence-electron chi connectivity index (χ2n) is 5.80. The third-order valence-electron chi connectivity index (χ3n) is 3.88. The van der Waals surface area contributed by atoms with Gasteiger partial charge in [-0.3, -0.25) is 0 Å². The second kappa shape index (κ2) is 7.98. The third kappa shape index (κ3) is 4.83. The van der Waals surface area contributed by atoms with E-state index in [1.165, 1.54) is 24.3 Å². The van der Waals surface area contributed by atoms with Crippen LogP contribution in [0.4, 0.5) is 26.3 Å². The quantitative estimate of drug-likeness (QED) is 0.190. The average Bonchev–Trinajstić information content (AvgIpc) is 2.63. The Kier molecular flexibility index (Phi) is 6.00. The molecule has 146 valence electrons. The highest BCUT2D eigenvalue weighted by Gasteiger charge is 2.35. The molecule has 0 aliphatic heterocycles. The van der Waals surface area contributed by atoms with Crippen molar-refractivity contribution in [1.82, 2.24) is 0 Å². The summed E-state index contributed by atoms with van der Waals surface area (Å²) in [7, 11) is -0.831.